The van der Waals surface area contributed by atoms with Gasteiger partial charge in [-0.15, -0.1) is 5.10 Å². The summed E-state index contributed by atoms with van der Waals surface area (Å²) in [7, 11) is 0. The number of aromatic nitrogens is 4. The van der Waals surface area contributed by atoms with Gasteiger partial charge in [0.2, 0.25) is 0 Å². The molecule has 0 aliphatic rings. The minimum Gasteiger partial charge on any atom is -0.479 e. The Morgan fingerprint density at radius 3 is 2.80 bits per heavy atom. The smallest absolute Gasteiger partial charge is 0.265 e. The molecule has 9 heteroatoms. The van der Waals surface area contributed by atoms with Gasteiger partial charge in [-0.1, -0.05) is 29.3 Å². The van der Waals surface area contributed by atoms with Crippen molar-refractivity contribution in [1.82, 2.24) is 20.2 Å². The number of anilines is 1. The van der Waals surface area contributed by atoms with Crippen molar-refractivity contribution < 1.29 is 9.53 Å². The van der Waals surface area contributed by atoms with Gasteiger partial charge in [0, 0.05) is 10.7 Å². The van der Waals surface area contributed by atoms with Crippen LogP contribution in [0.4, 0.5) is 5.69 Å². The number of nitrogens with one attached hydrogen (secondary N) is 1. The Morgan fingerprint density at radius 2 is 2.08 bits per heavy atom. The maximum Gasteiger partial charge on any atom is 0.265 e. The highest BCUT2D eigenvalue weighted by Gasteiger charge is 2.16. The quantitative estimate of drug-likeness (QED) is 0.736. The van der Waals surface area contributed by atoms with E-state index in [1.54, 1.807) is 43.3 Å². The summed E-state index contributed by atoms with van der Waals surface area (Å²) >= 11 is 11.9. The molecule has 1 aromatic heterocycles. The number of rotatable bonds is 5. The van der Waals surface area contributed by atoms with Gasteiger partial charge >= 0.3 is 0 Å². The lowest BCUT2D eigenvalue weighted by molar-refractivity contribution is -0.122. The number of carbonyl (C=O) groups is 1. The maximum absolute atomic E-state index is 12.3. The first-order valence-corrected chi connectivity index (χ1v) is 8.04. The fourth-order valence-electron chi connectivity index (χ4n) is 2.06. The number of nitrogens with zero attached hydrogens (tertiary/aromatic N) is 4. The van der Waals surface area contributed by atoms with Gasteiger partial charge in [0.15, 0.2) is 6.10 Å². The molecule has 7 nitrogen and oxygen atoms in total. The number of halogens is 2. The van der Waals surface area contributed by atoms with E-state index in [4.69, 9.17) is 27.9 Å². The first-order valence-electron chi connectivity index (χ1n) is 7.29. The highest BCUT2D eigenvalue weighted by molar-refractivity contribution is 6.35. The zero-order chi connectivity index (χ0) is 17.8. The summed E-state index contributed by atoms with van der Waals surface area (Å²) in [6.07, 6.45) is 0.713. The average Bonchev–Trinajstić information content (AvgIpc) is 3.12. The molecule has 1 amide bonds. The molecule has 0 aliphatic carbocycles. The highest BCUT2D eigenvalue weighted by atomic mass is 35.5. The summed E-state index contributed by atoms with van der Waals surface area (Å²) in [6.45, 7) is 1.63. The number of ether oxygens (including phenoxy) is 1. The van der Waals surface area contributed by atoms with Gasteiger partial charge in [-0.25, -0.2) is 4.68 Å². The van der Waals surface area contributed by atoms with Crippen LogP contribution in [0.25, 0.3) is 5.69 Å². The van der Waals surface area contributed by atoms with Gasteiger partial charge in [-0.2, -0.15) is 0 Å². The molecular weight excluding hydrogens is 365 g/mol. The molecule has 1 N–H and O–H groups in total. The molecule has 3 rings (SSSR count). The van der Waals surface area contributed by atoms with E-state index in [1.165, 1.54) is 11.0 Å². The predicted octanol–water partition coefficient (Wildman–Crippen LogP) is 3.38. The molecule has 128 valence electrons. The Labute approximate surface area is 153 Å². The lowest BCUT2D eigenvalue weighted by Gasteiger charge is -2.16. The van der Waals surface area contributed by atoms with Crippen molar-refractivity contribution in [3.63, 3.8) is 0 Å². The van der Waals surface area contributed by atoms with E-state index in [9.17, 15) is 4.79 Å². The van der Waals surface area contributed by atoms with Crippen LogP contribution in [-0.2, 0) is 4.79 Å². The molecular formula is C16H13Cl2N5O2. The monoisotopic (exact) mass is 377 g/mol. The Hall–Kier alpha value is -2.64. The third kappa shape index (κ3) is 4.26. The summed E-state index contributed by atoms with van der Waals surface area (Å²) in [5.41, 5.74) is 1.31. The molecule has 2 aromatic carbocycles. The van der Waals surface area contributed by atoms with Crippen molar-refractivity contribution in [3.05, 3.63) is 58.8 Å². The Kier molecular flexibility index (Phi) is 5.16. The maximum atomic E-state index is 12.3. The van der Waals surface area contributed by atoms with Crippen LogP contribution >= 0.6 is 23.2 Å². The van der Waals surface area contributed by atoms with Gasteiger partial charge in [0.1, 0.15) is 12.1 Å². The number of tetrazole rings is 1. The molecule has 1 atom stereocenters. The van der Waals surface area contributed by atoms with E-state index in [2.05, 4.69) is 20.8 Å². The van der Waals surface area contributed by atoms with E-state index < -0.39 is 6.10 Å². The third-order valence-electron chi connectivity index (χ3n) is 3.29. The molecule has 0 radical (unpaired) electrons. The molecule has 3 aromatic rings. The molecule has 0 fully saturated rings. The number of hydrogen-bond donors (Lipinski definition) is 1. The van der Waals surface area contributed by atoms with Gasteiger partial charge < -0.3 is 10.1 Å². The summed E-state index contributed by atoms with van der Waals surface area (Å²) in [4.78, 5) is 12.3. The number of carbonyl (C=O) groups excluding carboxylic acids is 1. The minimum atomic E-state index is -0.754. The number of benzene rings is 2. The van der Waals surface area contributed by atoms with Gasteiger partial charge in [-0.05, 0) is 53.7 Å². The van der Waals surface area contributed by atoms with Crippen molar-refractivity contribution >= 4 is 34.8 Å². The van der Waals surface area contributed by atoms with Crippen LogP contribution < -0.4 is 10.1 Å². The fraction of sp³-hybridized carbons (Fsp3) is 0.125. The van der Waals surface area contributed by atoms with Gasteiger partial charge in [-0.3, -0.25) is 4.79 Å². The Morgan fingerprint density at radius 1 is 1.24 bits per heavy atom. The normalized spacial score (nSPS) is 11.8. The highest BCUT2D eigenvalue weighted by Crippen LogP contribution is 2.28. The van der Waals surface area contributed by atoms with E-state index in [1.807, 2.05) is 6.07 Å². The van der Waals surface area contributed by atoms with Crippen LogP contribution in [0.1, 0.15) is 6.92 Å². The van der Waals surface area contributed by atoms with E-state index in [-0.39, 0.29) is 5.91 Å². The van der Waals surface area contributed by atoms with Crippen LogP contribution in [0.2, 0.25) is 10.0 Å². The summed E-state index contributed by atoms with van der Waals surface area (Å²) in [6, 6.07) is 11.9. The zero-order valence-corrected chi connectivity index (χ0v) is 14.6. The minimum absolute atomic E-state index is 0.320. The van der Waals surface area contributed by atoms with Crippen molar-refractivity contribution in [2.45, 2.75) is 13.0 Å². The van der Waals surface area contributed by atoms with Crippen LogP contribution in [0.3, 0.4) is 0 Å². The van der Waals surface area contributed by atoms with Crippen molar-refractivity contribution in [3.8, 4) is 11.4 Å². The first-order chi connectivity index (χ1) is 12.0. The lowest BCUT2D eigenvalue weighted by atomic mass is 10.2. The molecule has 25 heavy (non-hydrogen) atoms. The predicted molar refractivity (Wildman–Crippen MR) is 94.3 cm³/mol. The van der Waals surface area contributed by atoms with Crippen LogP contribution in [0, 0.1) is 0 Å². The number of amides is 1. The molecule has 0 unspecified atom stereocenters. The van der Waals surface area contributed by atoms with Crippen LogP contribution in [-0.4, -0.2) is 32.2 Å². The van der Waals surface area contributed by atoms with Crippen LogP contribution in [0.15, 0.2) is 48.8 Å². The molecule has 0 aliphatic heterocycles. The topological polar surface area (TPSA) is 81.9 Å². The summed E-state index contributed by atoms with van der Waals surface area (Å²) in [5.74, 6) is 0.0658. The molecule has 0 saturated heterocycles. The van der Waals surface area contributed by atoms with E-state index in [0.29, 0.717) is 21.5 Å². The SMILES string of the molecule is C[C@H](Oc1ccc(Cl)cc1Cl)C(=O)Nc1cccc(-n2cnnn2)c1. The number of hydrogen-bond acceptors (Lipinski definition) is 5. The second kappa shape index (κ2) is 7.50. The van der Waals surface area contributed by atoms with Crippen molar-refractivity contribution in [2.75, 3.05) is 5.32 Å². The molecule has 0 bridgehead atoms. The summed E-state index contributed by atoms with van der Waals surface area (Å²) in [5, 5.41) is 14.6. The van der Waals surface area contributed by atoms with E-state index >= 15 is 0 Å². The zero-order valence-electron chi connectivity index (χ0n) is 13.1. The largest absolute Gasteiger partial charge is 0.479 e. The average molecular weight is 378 g/mol. The summed E-state index contributed by atoms with van der Waals surface area (Å²) < 4.78 is 7.09. The Balaban J connectivity index is 1.68. The van der Waals surface area contributed by atoms with Gasteiger partial charge in [0.25, 0.3) is 5.91 Å². The van der Waals surface area contributed by atoms with Crippen LogP contribution in [0.5, 0.6) is 5.75 Å². The third-order valence-corrected chi connectivity index (χ3v) is 3.82. The van der Waals surface area contributed by atoms with Gasteiger partial charge in [0.05, 0.1) is 10.7 Å². The second-order valence-electron chi connectivity index (χ2n) is 5.13. The standard InChI is InChI=1S/C16H13Cl2N5O2/c1-10(25-15-6-5-11(17)7-14(15)18)16(24)20-12-3-2-4-13(8-12)23-9-19-21-22-23/h2-10H,1H3,(H,20,24)/t10-/m0/s1. The molecule has 0 spiro atoms. The molecule has 0 saturated carbocycles. The molecule has 1 heterocycles. The Bertz CT molecular complexity index is 886. The first kappa shape index (κ1) is 17.2. The van der Waals surface area contributed by atoms with E-state index in [0.717, 1.165) is 5.69 Å². The van der Waals surface area contributed by atoms with Crippen molar-refractivity contribution in [1.29, 1.82) is 0 Å². The van der Waals surface area contributed by atoms with Crippen molar-refractivity contribution in [2.24, 2.45) is 0 Å². The lowest BCUT2D eigenvalue weighted by Crippen LogP contribution is -2.30. The second-order valence-corrected chi connectivity index (χ2v) is 5.97. The fourth-order valence-corrected chi connectivity index (χ4v) is 2.52.